The van der Waals surface area contributed by atoms with Crippen LogP contribution in [0, 0.1) is 0 Å². The Hall–Kier alpha value is -0.670. The van der Waals surface area contributed by atoms with E-state index in [9.17, 15) is 4.79 Å². The van der Waals surface area contributed by atoms with Crippen molar-refractivity contribution in [3.63, 3.8) is 0 Å². The molecule has 0 aromatic carbocycles. The molecule has 2 aliphatic rings. The summed E-state index contributed by atoms with van der Waals surface area (Å²) in [6.45, 7) is 7.35. The van der Waals surface area contributed by atoms with Gasteiger partial charge in [0.15, 0.2) is 5.78 Å². The van der Waals surface area contributed by atoms with Crippen LogP contribution in [0.1, 0.15) is 46.0 Å². The first-order chi connectivity index (χ1) is 8.62. The van der Waals surface area contributed by atoms with E-state index in [2.05, 4.69) is 24.8 Å². The van der Waals surface area contributed by atoms with E-state index in [1.54, 1.807) is 0 Å². The van der Waals surface area contributed by atoms with Gasteiger partial charge >= 0.3 is 0 Å². The number of carbonyl (C=O) groups excluding carboxylic acids is 1. The number of hydrogen-bond acceptors (Lipinski definition) is 3. The molecule has 0 aromatic heterocycles. The number of morpholine rings is 1. The van der Waals surface area contributed by atoms with Gasteiger partial charge in [-0.3, -0.25) is 9.69 Å². The third kappa shape index (κ3) is 3.01. The van der Waals surface area contributed by atoms with Crippen LogP contribution in [-0.4, -0.2) is 42.5 Å². The molecule has 1 heterocycles. The topological polar surface area (TPSA) is 29.5 Å². The highest BCUT2D eigenvalue weighted by Gasteiger charge is 2.36. The molecule has 0 unspecified atom stereocenters. The van der Waals surface area contributed by atoms with Crippen molar-refractivity contribution >= 4 is 5.78 Å². The summed E-state index contributed by atoms with van der Waals surface area (Å²) in [4.78, 5) is 15.0. The Bertz CT molecular complexity index is 327. The highest BCUT2D eigenvalue weighted by molar-refractivity contribution is 6.02. The fourth-order valence-electron chi connectivity index (χ4n) is 2.88. The molecule has 18 heavy (non-hydrogen) atoms. The standard InChI is InChI=1S/C15H25NO2/c1-15(2,16-9-11-18-12-10-16)14(17)13-7-5-3-4-6-8-13/h7H,3-6,8-12H2,1-2H3. The largest absolute Gasteiger partial charge is 0.379 e. The number of rotatable bonds is 3. The van der Waals surface area contributed by atoms with E-state index < -0.39 is 0 Å². The Morgan fingerprint density at radius 2 is 1.94 bits per heavy atom. The van der Waals surface area contributed by atoms with Crippen molar-refractivity contribution in [1.82, 2.24) is 4.90 Å². The maximum Gasteiger partial charge on any atom is 0.178 e. The summed E-state index contributed by atoms with van der Waals surface area (Å²) in [6, 6.07) is 0. The molecule has 0 radical (unpaired) electrons. The number of allylic oxidation sites excluding steroid dienone is 1. The Balaban J connectivity index is 2.07. The summed E-state index contributed by atoms with van der Waals surface area (Å²) in [6.07, 6.45) is 7.86. The number of ketones is 1. The van der Waals surface area contributed by atoms with Crippen LogP contribution in [0.2, 0.25) is 0 Å². The van der Waals surface area contributed by atoms with Crippen molar-refractivity contribution in [1.29, 1.82) is 0 Å². The Labute approximate surface area is 110 Å². The molecular formula is C15H25NO2. The summed E-state index contributed by atoms with van der Waals surface area (Å²) in [5, 5.41) is 0. The van der Waals surface area contributed by atoms with Gasteiger partial charge in [0.2, 0.25) is 0 Å². The van der Waals surface area contributed by atoms with Crippen LogP contribution in [0.5, 0.6) is 0 Å². The number of carbonyl (C=O) groups is 1. The molecule has 1 aliphatic heterocycles. The van der Waals surface area contributed by atoms with E-state index in [-0.39, 0.29) is 5.54 Å². The molecule has 0 N–H and O–H groups in total. The Kier molecular flexibility index (Phi) is 4.57. The van der Waals surface area contributed by atoms with Crippen molar-refractivity contribution in [3.05, 3.63) is 11.6 Å². The fraction of sp³-hybridized carbons (Fsp3) is 0.800. The third-order valence-electron chi connectivity index (χ3n) is 4.19. The molecule has 1 aliphatic carbocycles. The van der Waals surface area contributed by atoms with Crippen LogP contribution in [0.15, 0.2) is 11.6 Å². The molecule has 1 fully saturated rings. The normalized spacial score (nSPS) is 23.3. The lowest BCUT2D eigenvalue weighted by atomic mass is 9.88. The summed E-state index contributed by atoms with van der Waals surface area (Å²) < 4.78 is 5.37. The van der Waals surface area contributed by atoms with Crippen LogP contribution >= 0.6 is 0 Å². The van der Waals surface area contributed by atoms with Crippen LogP contribution in [0.25, 0.3) is 0 Å². The van der Waals surface area contributed by atoms with Gasteiger partial charge in [-0.2, -0.15) is 0 Å². The first-order valence-electron chi connectivity index (χ1n) is 7.19. The number of Topliss-reactive ketones (excluding diaryl/α,β-unsaturated/α-hetero) is 1. The molecule has 0 bridgehead atoms. The summed E-state index contributed by atoms with van der Waals surface area (Å²) in [7, 11) is 0. The quantitative estimate of drug-likeness (QED) is 0.772. The van der Waals surface area contributed by atoms with Crippen LogP contribution < -0.4 is 0 Å². The Morgan fingerprint density at radius 1 is 1.22 bits per heavy atom. The molecule has 102 valence electrons. The number of nitrogens with zero attached hydrogens (tertiary/aromatic N) is 1. The van der Waals surface area contributed by atoms with E-state index in [4.69, 9.17) is 4.74 Å². The minimum absolute atomic E-state index is 0.325. The van der Waals surface area contributed by atoms with Crippen molar-refractivity contribution in [2.75, 3.05) is 26.3 Å². The van der Waals surface area contributed by atoms with Crippen LogP contribution in [0.4, 0.5) is 0 Å². The minimum atomic E-state index is -0.375. The predicted octanol–water partition coefficient (Wildman–Crippen LogP) is 2.56. The average Bonchev–Trinajstić information content (AvgIpc) is 2.67. The molecule has 1 saturated heterocycles. The summed E-state index contributed by atoms with van der Waals surface area (Å²) in [5.41, 5.74) is 0.684. The first-order valence-corrected chi connectivity index (χ1v) is 7.19. The van der Waals surface area contributed by atoms with E-state index in [1.165, 1.54) is 12.8 Å². The predicted molar refractivity (Wildman–Crippen MR) is 72.6 cm³/mol. The zero-order chi connectivity index (χ0) is 13.0. The molecule has 0 spiro atoms. The monoisotopic (exact) mass is 251 g/mol. The second-order valence-corrected chi connectivity index (χ2v) is 5.82. The molecule has 3 heteroatoms. The van der Waals surface area contributed by atoms with E-state index >= 15 is 0 Å². The average molecular weight is 251 g/mol. The summed E-state index contributed by atoms with van der Waals surface area (Å²) in [5.74, 6) is 0.325. The maximum absolute atomic E-state index is 12.7. The van der Waals surface area contributed by atoms with E-state index in [0.29, 0.717) is 5.78 Å². The lowest BCUT2D eigenvalue weighted by molar-refractivity contribution is -0.128. The highest BCUT2D eigenvalue weighted by atomic mass is 16.5. The van der Waals surface area contributed by atoms with Crippen molar-refractivity contribution in [3.8, 4) is 0 Å². The Morgan fingerprint density at radius 3 is 2.67 bits per heavy atom. The zero-order valence-electron chi connectivity index (χ0n) is 11.7. The fourth-order valence-corrected chi connectivity index (χ4v) is 2.88. The second kappa shape index (κ2) is 5.98. The van der Waals surface area contributed by atoms with Crippen molar-refractivity contribution < 1.29 is 9.53 Å². The molecular weight excluding hydrogens is 226 g/mol. The van der Waals surface area contributed by atoms with Crippen molar-refractivity contribution in [2.24, 2.45) is 0 Å². The molecule has 0 amide bonds. The smallest absolute Gasteiger partial charge is 0.178 e. The lowest BCUT2D eigenvalue weighted by Crippen LogP contribution is -2.54. The third-order valence-corrected chi connectivity index (χ3v) is 4.19. The second-order valence-electron chi connectivity index (χ2n) is 5.82. The molecule has 0 atom stereocenters. The van der Waals surface area contributed by atoms with Gasteiger partial charge < -0.3 is 4.74 Å². The van der Waals surface area contributed by atoms with Gasteiger partial charge in [0.1, 0.15) is 0 Å². The van der Waals surface area contributed by atoms with Gasteiger partial charge in [0.05, 0.1) is 18.8 Å². The number of ether oxygens (including phenoxy) is 1. The highest BCUT2D eigenvalue weighted by Crippen LogP contribution is 2.26. The SMILES string of the molecule is CC(C)(C(=O)C1=CCCCCC1)N1CCOCC1. The van der Waals surface area contributed by atoms with Gasteiger partial charge in [-0.15, -0.1) is 0 Å². The van der Waals surface area contributed by atoms with Gasteiger partial charge in [-0.1, -0.05) is 12.5 Å². The minimum Gasteiger partial charge on any atom is -0.379 e. The maximum atomic E-state index is 12.7. The van der Waals surface area contributed by atoms with Gasteiger partial charge in [-0.05, 0) is 45.1 Å². The molecule has 2 rings (SSSR count). The molecule has 3 nitrogen and oxygen atoms in total. The lowest BCUT2D eigenvalue weighted by Gasteiger charge is -2.40. The summed E-state index contributed by atoms with van der Waals surface area (Å²) >= 11 is 0. The van der Waals surface area contributed by atoms with Crippen LogP contribution in [0.3, 0.4) is 0 Å². The zero-order valence-corrected chi connectivity index (χ0v) is 11.7. The van der Waals surface area contributed by atoms with Crippen LogP contribution in [-0.2, 0) is 9.53 Å². The van der Waals surface area contributed by atoms with E-state index in [0.717, 1.165) is 51.1 Å². The number of hydrogen-bond donors (Lipinski definition) is 0. The first kappa shape index (κ1) is 13.8. The molecule has 0 saturated carbocycles. The van der Waals surface area contributed by atoms with Crippen molar-refractivity contribution in [2.45, 2.75) is 51.5 Å². The van der Waals surface area contributed by atoms with Gasteiger partial charge in [0.25, 0.3) is 0 Å². The molecule has 0 aromatic rings. The van der Waals surface area contributed by atoms with E-state index in [1.807, 2.05) is 0 Å². The van der Waals surface area contributed by atoms with Gasteiger partial charge in [-0.25, -0.2) is 0 Å². The van der Waals surface area contributed by atoms with Gasteiger partial charge in [0, 0.05) is 13.1 Å².